The highest BCUT2D eigenvalue weighted by Gasteiger charge is 2.05. The Bertz CT molecular complexity index is 336. The molecule has 0 aliphatic carbocycles. The van der Waals surface area contributed by atoms with Crippen LogP contribution < -0.4 is 11.3 Å². The lowest BCUT2D eigenvalue weighted by Crippen LogP contribution is -2.30. The van der Waals surface area contributed by atoms with Gasteiger partial charge in [0.2, 0.25) is 0 Å². The molecule has 1 aromatic heterocycles. The van der Waals surface area contributed by atoms with Crippen molar-refractivity contribution in [3.63, 3.8) is 0 Å². The topological polar surface area (TPSA) is 71.2 Å². The Morgan fingerprint density at radius 3 is 2.81 bits per heavy atom. The summed E-state index contributed by atoms with van der Waals surface area (Å²) in [7, 11) is 2.05. The van der Waals surface area contributed by atoms with Crippen molar-refractivity contribution in [2.75, 3.05) is 13.6 Å². The number of hydrogen-bond donors (Lipinski definition) is 2. The summed E-state index contributed by atoms with van der Waals surface area (Å²) in [5.41, 5.74) is 3.50. The molecule has 0 unspecified atom stereocenters. The van der Waals surface area contributed by atoms with Crippen molar-refractivity contribution in [3.05, 3.63) is 29.6 Å². The number of nitrogens with zero attached hydrogens (tertiary/aromatic N) is 2. The smallest absolute Gasteiger partial charge is 0.266 e. The van der Waals surface area contributed by atoms with Crippen molar-refractivity contribution in [2.45, 2.75) is 19.9 Å². The van der Waals surface area contributed by atoms with Gasteiger partial charge in [-0.1, -0.05) is 6.92 Å². The first-order valence-corrected chi connectivity index (χ1v) is 5.31. The van der Waals surface area contributed by atoms with Crippen LogP contribution in [-0.2, 0) is 6.54 Å². The Balaban J connectivity index is 2.61. The van der Waals surface area contributed by atoms with Crippen LogP contribution in [0.3, 0.4) is 0 Å². The summed E-state index contributed by atoms with van der Waals surface area (Å²) in [5.74, 6) is 4.71. The van der Waals surface area contributed by atoms with E-state index in [1.54, 1.807) is 6.07 Å². The molecule has 0 fully saturated rings. The third kappa shape index (κ3) is 3.60. The van der Waals surface area contributed by atoms with E-state index in [9.17, 15) is 4.79 Å². The normalized spacial score (nSPS) is 10.5. The molecule has 16 heavy (non-hydrogen) atoms. The summed E-state index contributed by atoms with van der Waals surface area (Å²) < 4.78 is 0. The first kappa shape index (κ1) is 12.6. The zero-order chi connectivity index (χ0) is 12.0. The minimum Gasteiger partial charge on any atom is -0.301 e. The number of hydrogen-bond acceptors (Lipinski definition) is 4. The maximum atomic E-state index is 11.2. The summed E-state index contributed by atoms with van der Waals surface area (Å²) in [5, 5.41) is 0. The Morgan fingerprint density at radius 2 is 2.31 bits per heavy atom. The standard InChI is InChI=1S/C11H18N4O/c1-3-6-15(2)8-10-5-4-9(7-13-10)11(16)14-12/h4-5,7H,3,6,8,12H2,1-2H3,(H,14,16). The molecule has 5 nitrogen and oxygen atoms in total. The van der Waals surface area contributed by atoms with Crippen LogP contribution in [0.1, 0.15) is 29.4 Å². The third-order valence-corrected chi connectivity index (χ3v) is 2.26. The van der Waals surface area contributed by atoms with Crippen molar-refractivity contribution in [2.24, 2.45) is 5.84 Å². The van der Waals surface area contributed by atoms with Crippen LogP contribution in [0.15, 0.2) is 18.3 Å². The summed E-state index contributed by atoms with van der Waals surface area (Å²) in [6, 6.07) is 3.57. The lowest BCUT2D eigenvalue weighted by molar-refractivity contribution is 0.0953. The Hall–Kier alpha value is -1.46. The van der Waals surface area contributed by atoms with Crippen LogP contribution in [0.2, 0.25) is 0 Å². The van der Waals surface area contributed by atoms with Gasteiger partial charge in [0.25, 0.3) is 5.91 Å². The fraction of sp³-hybridized carbons (Fsp3) is 0.455. The summed E-state index contributed by atoms with van der Waals surface area (Å²) in [6.45, 7) is 3.96. The van der Waals surface area contributed by atoms with Crippen LogP contribution >= 0.6 is 0 Å². The molecule has 88 valence electrons. The molecule has 1 rings (SSSR count). The number of carbonyl (C=O) groups is 1. The highest BCUT2D eigenvalue weighted by atomic mass is 16.2. The zero-order valence-electron chi connectivity index (χ0n) is 9.73. The molecular formula is C11H18N4O. The average Bonchev–Trinajstić information content (AvgIpc) is 2.29. The van der Waals surface area contributed by atoms with Crippen molar-refractivity contribution in [3.8, 4) is 0 Å². The number of nitrogens with one attached hydrogen (secondary N) is 1. The van der Waals surface area contributed by atoms with E-state index in [-0.39, 0.29) is 5.91 Å². The van der Waals surface area contributed by atoms with Gasteiger partial charge < -0.3 is 4.90 Å². The Morgan fingerprint density at radius 1 is 1.56 bits per heavy atom. The van der Waals surface area contributed by atoms with E-state index in [1.807, 2.05) is 13.1 Å². The van der Waals surface area contributed by atoms with Crippen LogP contribution in [0.4, 0.5) is 0 Å². The first-order valence-electron chi connectivity index (χ1n) is 5.31. The first-order chi connectivity index (χ1) is 7.67. The number of hydrazine groups is 1. The highest BCUT2D eigenvalue weighted by molar-refractivity contribution is 5.93. The quantitative estimate of drug-likeness (QED) is 0.433. The number of nitrogens with two attached hydrogens (primary N) is 1. The van der Waals surface area contributed by atoms with Gasteiger partial charge in [0.15, 0.2) is 0 Å². The molecule has 0 saturated heterocycles. The molecular weight excluding hydrogens is 204 g/mol. The Labute approximate surface area is 95.6 Å². The van der Waals surface area contributed by atoms with Gasteiger partial charge in [-0.2, -0.15) is 0 Å². The van der Waals surface area contributed by atoms with Crippen LogP contribution in [0, 0.1) is 0 Å². The van der Waals surface area contributed by atoms with E-state index in [1.165, 1.54) is 6.20 Å². The maximum absolute atomic E-state index is 11.2. The van der Waals surface area contributed by atoms with Crippen molar-refractivity contribution in [1.82, 2.24) is 15.3 Å². The van der Waals surface area contributed by atoms with Gasteiger partial charge >= 0.3 is 0 Å². The predicted octanol–water partition coefficient (Wildman–Crippen LogP) is 0.527. The number of nitrogen functional groups attached to an aromatic ring is 1. The molecule has 5 heteroatoms. The van der Waals surface area contributed by atoms with Gasteiger partial charge in [0.1, 0.15) is 0 Å². The molecule has 0 radical (unpaired) electrons. The number of carbonyl (C=O) groups excluding carboxylic acids is 1. The zero-order valence-corrected chi connectivity index (χ0v) is 9.73. The molecule has 3 N–H and O–H groups in total. The fourth-order valence-corrected chi connectivity index (χ4v) is 1.47. The van der Waals surface area contributed by atoms with Gasteiger partial charge in [0, 0.05) is 12.7 Å². The minimum atomic E-state index is -0.319. The molecule has 0 spiro atoms. The third-order valence-electron chi connectivity index (χ3n) is 2.26. The molecule has 0 bridgehead atoms. The second-order valence-corrected chi connectivity index (χ2v) is 3.75. The molecule has 1 heterocycles. The SMILES string of the molecule is CCCN(C)Cc1ccc(C(=O)NN)cn1. The number of rotatable bonds is 5. The van der Waals surface area contributed by atoms with Crippen LogP contribution in [0.5, 0.6) is 0 Å². The molecule has 0 aromatic carbocycles. The summed E-state index contributed by atoms with van der Waals surface area (Å²) in [4.78, 5) is 17.6. The van der Waals surface area contributed by atoms with E-state index in [0.29, 0.717) is 5.56 Å². The molecule has 0 aliphatic rings. The van der Waals surface area contributed by atoms with Gasteiger partial charge in [0.05, 0.1) is 11.3 Å². The molecule has 0 atom stereocenters. The van der Waals surface area contributed by atoms with Gasteiger partial charge in [-0.25, -0.2) is 5.84 Å². The summed E-state index contributed by atoms with van der Waals surface area (Å²) in [6.07, 6.45) is 2.65. The van der Waals surface area contributed by atoms with E-state index in [0.717, 1.165) is 25.2 Å². The number of pyridine rings is 1. The largest absolute Gasteiger partial charge is 0.301 e. The van der Waals surface area contributed by atoms with E-state index in [2.05, 4.69) is 22.2 Å². The lowest BCUT2D eigenvalue weighted by atomic mass is 10.2. The maximum Gasteiger partial charge on any atom is 0.266 e. The molecule has 0 aliphatic heterocycles. The van der Waals surface area contributed by atoms with Crippen molar-refractivity contribution in [1.29, 1.82) is 0 Å². The summed E-state index contributed by atoms with van der Waals surface area (Å²) >= 11 is 0. The number of aromatic nitrogens is 1. The second-order valence-electron chi connectivity index (χ2n) is 3.75. The van der Waals surface area contributed by atoms with Gasteiger partial charge in [-0.3, -0.25) is 15.2 Å². The van der Waals surface area contributed by atoms with Crippen LogP contribution in [0.25, 0.3) is 0 Å². The van der Waals surface area contributed by atoms with Gasteiger partial charge in [-0.05, 0) is 32.1 Å². The van der Waals surface area contributed by atoms with Crippen molar-refractivity contribution >= 4 is 5.91 Å². The van der Waals surface area contributed by atoms with E-state index in [4.69, 9.17) is 5.84 Å². The van der Waals surface area contributed by atoms with Crippen LogP contribution in [-0.4, -0.2) is 29.4 Å². The lowest BCUT2D eigenvalue weighted by Gasteiger charge is -2.14. The molecule has 1 aromatic rings. The predicted molar refractivity (Wildman–Crippen MR) is 62.5 cm³/mol. The minimum absolute atomic E-state index is 0.319. The molecule has 1 amide bonds. The highest BCUT2D eigenvalue weighted by Crippen LogP contribution is 2.03. The molecule has 0 saturated carbocycles. The van der Waals surface area contributed by atoms with Crippen molar-refractivity contribution < 1.29 is 4.79 Å². The monoisotopic (exact) mass is 222 g/mol. The van der Waals surface area contributed by atoms with E-state index < -0.39 is 0 Å². The van der Waals surface area contributed by atoms with E-state index >= 15 is 0 Å². The fourth-order valence-electron chi connectivity index (χ4n) is 1.47. The average molecular weight is 222 g/mol. The van der Waals surface area contributed by atoms with Gasteiger partial charge in [-0.15, -0.1) is 0 Å². The Kier molecular flexibility index (Phi) is 4.88. The second kappa shape index (κ2) is 6.19. The number of amides is 1.